The SMILES string of the molecule is O=C1CS[C@H](c2ccccc2F)N1c1ccc(F)cc1F. The Morgan fingerprint density at radius 3 is 2.52 bits per heavy atom. The second-order valence-electron chi connectivity index (χ2n) is 4.54. The largest absolute Gasteiger partial charge is 0.292 e. The van der Waals surface area contributed by atoms with Crippen LogP contribution >= 0.6 is 11.8 Å². The molecule has 6 heteroatoms. The van der Waals surface area contributed by atoms with Crippen molar-refractivity contribution in [2.24, 2.45) is 0 Å². The van der Waals surface area contributed by atoms with Gasteiger partial charge in [0.15, 0.2) is 0 Å². The molecule has 1 atom stereocenters. The molecule has 1 aliphatic rings. The zero-order valence-corrected chi connectivity index (χ0v) is 11.5. The van der Waals surface area contributed by atoms with E-state index in [0.717, 1.165) is 6.07 Å². The van der Waals surface area contributed by atoms with Gasteiger partial charge in [0.1, 0.15) is 22.8 Å². The molecule has 2 aromatic carbocycles. The monoisotopic (exact) mass is 309 g/mol. The van der Waals surface area contributed by atoms with Crippen molar-refractivity contribution in [3.05, 3.63) is 65.5 Å². The van der Waals surface area contributed by atoms with Gasteiger partial charge in [-0.05, 0) is 18.2 Å². The van der Waals surface area contributed by atoms with Crippen molar-refractivity contribution in [2.45, 2.75) is 5.37 Å². The predicted molar refractivity (Wildman–Crippen MR) is 75.4 cm³/mol. The molecule has 1 amide bonds. The van der Waals surface area contributed by atoms with Crippen molar-refractivity contribution in [2.75, 3.05) is 10.7 Å². The van der Waals surface area contributed by atoms with Crippen molar-refractivity contribution < 1.29 is 18.0 Å². The number of thioether (sulfide) groups is 1. The lowest BCUT2D eigenvalue weighted by molar-refractivity contribution is -0.115. The molecule has 1 saturated heterocycles. The second kappa shape index (κ2) is 5.44. The fourth-order valence-electron chi connectivity index (χ4n) is 2.27. The molecule has 0 spiro atoms. The maximum absolute atomic E-state index is 13.9. The molecule has 0 bridgehead atoms. The number of carbonyl (C=O) groups is 1. The first-order valence-electron chi connectivity index (χ1n) is 6.21. The Morgan fingerprint density at radius 1 is 1.05 bits per heavy atom. The van der Waals surface area contributed by atoms with Crippen LogP contribution in [-0.2, 0) is 4.79 Å². The Labute approximate surface area is 123 Å². The summed E-state index contributed by atoms with van der Waals surface area (Å²) in [7, 11) is 0. The number of hydrogen-bond acceptors (Lipinski definition) is 2. The Morgan fingerprint density at radius 2 is 1.81 bits per heavy atom. The molecule has 0 unspecified atom stereocenters. The van der Waals surface area contributed by atoms with Crippen molar-refractivity contribution in [3.63, 3.8) is 0 Å². The maximum Gasteiger partial charge on any atom is 0.238 e. The summed E-state index contributed by atoms with van der Waals surface area (Å²) in [5, 5.41) is -0.654. The van der Waals surface area contributed by atoms with E-state index in [2.05, 4.69) is 0 Å². The van der Waals surface area contributed by atoms with Crippen LogP contribution in [0.15, 0.2) is 42.5 Å². The Balaban J connectivity index is 2.06. The number of carbonyl (C=O) groups excluding carboxylic acids is 1. The number of amides is 1. The topological polar surface area (TPSA) is 20.3 Å². The van der Waals surface area contributed by atoms with E-state index >= 15 is 0 Å². The number of halogens is 3. The van der Waals surface area contributed by atoms with Gasteiger partial charge in [-0.25, -0.2) is 13.2 Å². The Hall–Kier alpha value is -1.95. The first kappa shape index (κ1) is 14.0. The summed E-state index contributed by atoms with van der Waals surface area (Å²) in [5.41, 5.74) is 0.261. The lowest BCUT2D eigenvalue weighted by atomic mass is 10.1. The summed E-state index contributed by atoms with van der Waals surface area (Å²) in [6.45, 7) is 0. The van der Waals surface area contributed by atoms with Gasteiger partial charge >= 0.3 is 0 Å². The highest BCUT2D eigenvalue weighted by Gasteiger charge is 2.36. The minimum atomic E-state index is -0.841. The average molecular weight is 309 g/mol. The molecular formula is C15H10F3NOS. The normalized spacial score (nSPS) is 18.3. The Kier molecular flexibility index (Phi) is 3.63. The van der Waals surface area contributed by atoms with Crippen LogP contribution in [0.1, 0.15) is 10.9 Å². The first-order chi connectivity index (χ1) is 10.1. The highest BCUT2D eigenvalue weighted by molar-refractivity contribution is 8.00. The minimum absolute atomic E-state index is 0.0420. The summed E-state index contributed by atoms with van der Waals surface area (Å²) in [6.07, 6.45) is 0. The molecule has 0 radical (unpaired) electrons. The van der Waals surface area contributed by atoms with E-state index < -0.39 is 22.8 Å². The van der Waals surface area contributed by atoms with Crippen LogP contribution in [0.2, 0.25) is 0 Å². The quantitative estimate of drug-likeness (QED) is 0.839. The highest BCUT2D eigenvalue weighted by atomic mass is 32.2. The van der Waals surface area contributed by atoms with Gasteiger partial charge in [-0.3, -0.25) is 9.69 Å². The van der Waals surface area contributed by atoms with Crippen LogP contribution in [0.4, 0.5) is 18.9 Å². The van der Waals surface area contributed by atoms with Crippen LogP contribution in [0.5, 0.6) is 0 Å². The van der Waals surface area contributed by atoms with E-state index in [1.807, 2.05) is 0 Å². The molecule has 108 valence electrons. The molecule has 2 nitrogen and oxygen atoms in total. The number of benzene rings is 2. The van der Waals surface area contributed by atoms with E-state index in [9.17, 15) is 18.0 Å². The van der Waals surface area contributed by atoms with Crippen LogP contribution in [-0.4, -0.2) is 11.7 Å². The summed E-state index contributed by atoms with van der Waals surface area (Å²) >= 11 is 1.21. The van der Waals surface area contributed by atoms with Gasteiger partial charge in [-0.1, -0.05) is 18.2 Å². The summed E-state index contributed by atoms with van der Waals surface area (Å²) in [6, 6.07) is 9.03. The third-order valence-electron chi connectivity index (χ3n) is 3.21. The average Bonchev–Trinajstić information content (AvgIpc) is 2.81. The summed E-state index contributed by atoms with van der Waals surface area (Å²) < 4.78 is 40.9. The van der Waals surface area contributed by atoms with Crippen LogP contribution < -0.4 is 4.90 Å². The second-order valence-corrected chi connectivity index (χ2v) is 5.61. The van der Waals surface area contributed by atoms with Gasteiger partial charge in [0, 0.05) is 11.6 Å². The fourth-order valence-corrected chi connectivity index (χ4v) is 3.46. The minimum Gasteiger partial charge on any atom is -0.292 e. The molecule has 0 aliphatic carbocycles. The third-order valence-corrected chi connectivity index (χ3v) is 4.40. The van der Waals surface area contributed by atoms with E-state index in [0.29, 0.717) is 11.6 Å². The predicted octanol–water partition coefficient (Wildman–Crippen LogP) is 3.88. The van der Waals surface area contributed by atoms with Gasteiger partial charge in [-0.2, -0.15) is 0 Å². The zero-order chi connectivity index (χ0) is 15.0. The molecule has 2 aromatic rings. The number of rotatable bonds is 2. The highest BCUT2D eigenvalue weighted by Crippen LogP contribution is 2.43. The number of nitrogens with zero attached hydrogens (tertiary/aromatic N) is 1. The lowest BCUT2D eigenvalue weighted by Crippen LogP contribution is -2.29. The van der Waals surface area contributed by atoms with Gasteiger partial charge < -0.3 is 0 Å². The van der Waals surface area contributed by atoms with Gasteiger partial charge in [0.2, 0.25) is 5.91 Å². The molecule has 21 heavy (non-hydrogen) atoms. The Bertz CT molecular complexity index is 707. The standard InChI is InChI=1S/C15H10F3NOS/c16-9-5-6-13(12(18)7-9)19-14(20)8-21-15(19)10-3-1-2-4-11(10)17/h1-7,15H,8H2/t15-/m1/s1. The molecule has 3 rings (SSSR count). The lowest BCUT2D eigenvalue weighted by Gasteiger charge is -2.25. The summed E-state index contributed by atoms with van der Waals surface area (Å²) in [5.74, 6) is -2.24. The van der Waals surface area contributed by atoms with Gasteiger partial charge in [0.05, 0.1) is 11.4 Å². The van der Waals surface area contributed by atoms with Gasteiger partial charge in [0.25, 0.3) is 0 Å². The van der Waals surface area contributed by atoms with Gasteiger partial charge in [-0.15, -0.1) is 11.8 Å². The zero-order valence-electron chi connectivity index (χ0n) is 10.7. The van der Waals surface area contributed by atoms with Crippen LogP contribution in [0, 0.1) is 17.5 Å². The first-order valence-corrected chi connectivity index (χ1v) is 7.26. The maximum atomic E-state index is 13.9. The molecule has 1 heterocycles. The van der Waals surface area contributed by atoms with E-state index in [1.165, 1.54) is 28.8 Å². The van der Waals surface area contributed by atoms with Crippen molar-refractivity contribution in [3.8, 4) is 0 Å². The third kappa shape index (κ3) is 2.51. The van der Waals surface area contributed by atoms with Crippen molar-refractivity contribution in [1.82, 2.24) is 0 Å². The summed E-state index contributed by atoms with van der Waals surface area (Å²) in [4.78, 5) is 13.2. The molecule has 0 saturated carbocycles. The number of anilines is 1. The molecular weight excluding hydrogens is 299 g/mol. The van der Waals surface area contributed by atoms with Crippen LogP contribution in [0.3, 0.4) is 0 Å². The smallest absolute Gasteiger partial charge is 0.238 e. The molecule has 1 aliphatic heterocycles. The van der Waals surface area contributed by atoms with E-state index in [4.69, 9.17) is 0 Å². The molecule has 0 aromatic heterocycles. The molecule has 0 N–H and O–H groups in total. The van der Waals surface area contributed by atoms with E-state index in [1.54, 1.807) is 18.2 Å². The van der Waals surface area contributed by atoms with Crippen LogP contribution in [0.25, 0.3) is 0 Å². The van der Waals surface area contributed by atoms with E-state index in [-0.39, 0.29) is 17.3 Å². The molecule has 1 fully saturated rings. The fraction of sp³-hybridized carbons (Fsp3) is 0.133. The van der Waals surface area contributed by atoms with Crippen molar-refractivity contribution in [1.29, 1.82) is 0 Å². The van der Waals surface area contributed by atoms with Crippen molar-refractivity contribution >= 4 is 23.4 Å². The number of hydrogen-bond donors (Lipinski definition) is 0.